The van der Waals surface area contributed by atoms with Crippen LogP contribution in [0.1, 0.15) is 24.4 Å². The molecule has 8 nitrogen and oxygen atoms in total. The topological polar surface area (TPSA) is 88.5 Å². The van der Waals surface area contributed by atoms with Crippen LogP contribution in [0.3, 0.4) is 0 Å². The van der Waals surface area contributed by atoms with Crippen molar-refractivity contribution in [2.75, 3.05) is 30.8 Å². The van der Waals surface area contributed by atoms with Crippen LogP contribution in [-0.4, -0.2) is 46.8 Å². The van der Waals surface area contributed by atoms with Crippen molar-refractivity contribution in [1.29, 1.82) is 0 Å². The van der Waals surface area contributed by atoms with E-state index in [0.29, 0.717) is 31.0 Å². The quantitative estimate of drug-likeness (QED) is 0.591. The van der Waals surface area contributed by atoms with Crippen LogP contribution in [0, 0.1) is 5.82 Å². The van der Waals surface area contributed by atoms with E-state index in [-0.39, 0.29) is 11.9 Å². The lowest BCUT2D eigenvalue weighted by Gasteiger charge is -2.33. The Kier molecular flexibility index (Phi) is 6.87. The third kappa shape index (κ3) is 5.68. The molecule has 0 unspecified atom stereocenters. The maximum absolute atomic E-state index is 13.3. The molecule has 1 aromatic heterocycles. The van der Waals surface area contributed by atoms with Gasteiger partial charge in [0.05, 0.1) is 25.8 Å². The minimum atomic E-state index is -0.478. The van der Waals surface area contributed by atoms with Gasteiger partial charge in [0, 0.05) is 24.8 Å². The number of methoxy groups -OCH3 is 1. The molecule has 1 saturated heterocycles. The van der Waals surface area contributed by atoms with Crippen molar-refractivity contribution in [3.8, 4) is 5.75 Å². The number of nitrogens with zero attached hydrogens (tertiary/aromatic N) is 3. The second-order valence-corrected chi connectivity index (χ2v) is 7.89. The van der Waals surface area contributed by atoms with Crippen LogP contribution in [0.4, 0.5) is 20.7 Å². The largest absolute Gasteiger partial charge is 0.497 e. The van der Waals surface area contributed by atoms with Crippen molar-refractivity contribution >= 4 is 23.4 Å². The molecule has 2 N–H and O–H groups in total. The van der Waals surface area contributed by atoms with E-state index in [0.717, 1.165) is 24.2 Å². The Morgan fingerprint density at radius 2 is 1.88 bits per heavy atom. The minimum absolute atomic E-state index is 0.0605. The average Bonchev–Trinajstić information content (AvgIpc) is 3.27. The first-order valence-electron chi connectivity index (χ1n) is 10.8. The van der Waals surface area contributed by atoms with Gasteiger partial charge in [-0.2, -0.15) is 5.10 Å². The van der Waals surface area contributed by atoms with Gasteiger partial charge in [-0.1, -0.05) is 18.2 Å². The number of likely N-dealkylation sites (tertiary alicyclic amines) is 1. The molecule has 0 aliphatic carbocycles. The molecule has 0 atom stereocenters. The molecule has 0 spiro atoms. The van der Waals surface area contributed by atoms with Gasteiger partial charge in [0.1, 0.15) is 17.4 Å². The molecule has 9 heteroatoms. The zero-order valence-corrected chi connectivity index (χ0v) is 18.3. The number of hydrogen-bond donors (Lipinski definition) is 2. The van der Waals surface area contributed by atoms with Crippen LogP contribution >= 0.6 is 0 Å². The van der Waals surface area contributed by atoms with Gasteiger partial charge >= 0.3 is 6.03 Å². The summed E-state index contributed by atoms with van der Waals surface area (Å²) in [6, 6.07) is 14.5. The number of benzene rings is 2. The highest BCUT2D eigenvalue weighted by Crippen LogP contribution is 2.26. The van der Waals surface area contributed by atoms with E-state index in [4.69, 9.17) is 4.74 Å². The van der Waals surface area contributed by atoms with Crippen molar-refractivity contribution in [3.63, 3.8) is 0 Å². The fourth-order valence-electron chi connectivity index (χ4n) is 3.98. The summed E-state index contributed by atoms with van der Waals surface area (Å²) < 4.78 is 20.3. The molecular weight excluding hydrogens is 425 g/mol. The Balaban J connectivity index is 1.31. The first kappa shape index (κ1) is 22.3. The van der Waals surface area contributed by atoms with Crippen LogP contribution < -0.4 is 15.4 Å². The van der Waals surface area contributed by atoms with Gasteiger partial charge in [0.2, 0.25) is 5.91 Å². The number of amides is 3. The number of carbonyl (C=O) groups excluding carboxylic acids is 2. The van der Waals surface area contributed by atoms with Crippen molar-refractivity contribution in [3.05, 3.63) is 72.2 Å². The SMILES string of the molecule is COc1cccc(CC(=O)N2CCC(n3nccc3NC(=O)Nc3cccc(F)c3)CC2)c1. The first-order valence-corrected chi connectivity index (χ1v) is 10.8. The molecule has 2 heterocycles. The van der Waals surface area contributed by atoms with E-state index >= 15 is 0 Å². The van der Waals surface area contributed by atoms with Gasteiger partial charge in [-0.15, -0.1) is 0 Å². The fraction of sp³-hybridized carbons (Fsp3) is 0.292. The van der Waals surface area contributed by atoms with E-state index < -0.39 is 11.8 Å². The highest BCUT2D eigenvalue weighted by molar-refractivity contribution is 5.99. The highest BCUT2D eigenvalue weighted by atomic mass is 19.1. The molecule has 1 aliphatic heterocycles. The first-order chi connectivity index (χ1) is 16.0. The van der Waals surface area contributed by atoms with Crippen LogP contribution in [0.15, 0.2) is 60.8 Å². The highest BCUT2D eigenvalue weighted by Gasteiger charge is 2.26. The van der Waals surface area contributed by atoms with Crippen molar-refractivity contribution in [2.45, 2.75) is 25.3 Å². The van der Waals surface area contributed by atoms with E-state index in [1.54, 1.807) is 30.1 Å². The second kappa shape index (κ2) is 10.2. The monoisotopic (exact) mass is 451 g/mol. The average molecular weight is 452 g/mol. The van der Waals surface area contributed by atoms with Crippen LogP contribution in [0.25, 0.3) is 0 Å². The number of aromatic nitrogens is 2. The predicted molar refractivity (Wildman–Crippen MR) is 123 cm³/mol. The standard InChI is InChI=1S/C24H26FN5O3/c1-33-21-7-2-4-17(14-21)15-23(31)29-12-9-20(10-13-29)30-22(8-11-26-30)28-24(32)27-19-6-3-5-18(25)16-19/h2-8,11,14,16,20H,9-10,12-13,15H2,1H3,(H2,27,28,32). The number of ether oxygens (including phenoxy) is 1. The number of anilines is 2. The number of piperidine rings is 1. The Bertz CT molecular complexity index is 1120. The third-order valence-corrected chi connectivity index (χ3v) is 5.65. The molecule has 3 aromatic rings. The number of rotatable bonds is 6. The molecule has 0 bridgehead atoms. The van der Waals surface area contributed by atoms with E-state index in [2.05, 4.69) is 15.7 Å². The van der Waals surface area contributed by atoms with Crippen molar-refractivity contribution < 1.29 is 18.7 Å². The smallest absolute Gasteiger partial charge is 0.324 e. The molecule has 172 valence electrons. The number of carbonyl (C=O) groups is 2. The van der Waals surface area contributed by atoms with Gasteiger partial charge in [0.25, 0.3) is 0 Å². The third-order valence-electron chi connectivity index (χ3n) is 5.65. The maximum atomic E-state index is 13.3. The second-order valence-electron chi connectivity index (χ2n) is 7.89. The van der Waals surface area contributed by atoms with Crippen molar-refractivity contribution in [1.82, 2.24) is 14.7 Å². The molecule has 1 fully saturated rings. The molecule has 0 saturated carbocycles. The summed E-state index contributed by atoms with van der Waals surface area (Å²) in [7, 11) is 1.61. The molecule has 0 radical (unpaired) electrons. The lowest BCUT2D eigenvalue weighted by Crippen LogP contribution is -2.40. The summed E-state index contributed by atoms with van der Waals surface area (Å²) in [5.74, 6) is 0.935. The Hall–Kier alpha value is -3.88. The van der Waals surface area contributed by atoms with E-state index in [1.165, 1.54) is 18.2 Å². The summed E-state index contributed by atoms with van der Waals surface area (Å²) in [6.07, 6.45) is 3.41. The van der Waals surface area contributed by atoms with E-state index in [1.807, 2.05) is 29.2 Å². The fourth-order valence-corrected chi connectivity index (χ4v) is 3.98. The summed E-state index contributed by atoms with van der Waals surface area (Å²) >= 11 is 0. The van der Waals surface area contributed by atoms with E-state index in [9.17, 15) is 14.0 Å². The Morgan fingerprint density at radius 1 is 1.09 bits per heavy atom. The van der Waals surface area contributed by atoms with Crippen LogP contribution in [0.5, 0.6) is 5.75 Å². The van der Waals surface area contributed by atoms with Gasteiger partial charge in [-0.25, -0.2) is 13.9 Å². The minimum Gasteiger partial charge on any atom is -0.497 e. The summed E-state index contributed by atoms with van der Waals surface area (Å²) in [4.78, 5) is 26.9. The van der Waals surface area contributed by atoms with Crippen molar-refractivity contribution in [2.24, 2.45) is 0 Å². The van der Waals surface area contributed by atoms with Gasteiger partial charge < -0.3 is 15.0 Å². The molecule has 4 rings (SSSR count). The lowest BCUT2D eigenvalue weighted by atomic mass is 10.0. The number of hydrogen-bond acceptors (Lipinski definition) is 4. The Morgan fingerprint density at radius 3 is 2.64 bits per heavy atom. The number of urea groups is 1. The zero-order chi connectivity index (χ0) is 23.2. The summed E-state index contributed by atoms with van der Waals surface area (Å²) in [5.41, 5.74) is 1.28. The zero-order valence-electron chi connectivity index (χ0n) is 18.3. The van der Waals surface area contributed by atoms with Gasteiger partial charge in [-0.05, 0) is 48.7 Å². The van der Waals surface area contributed by atoms with Gasteiger partial charge in [-0.3, -0.25) is 10.1 Å². The van der Waals surface area contributed by atoms with Crippen LogP contribution in [-0.2, 0) is 11.2 Å². The molecule has 33 heavy (non-hydrogen) atoms. The lowest BCUT2D eigenvalue weighted by molar-refractivity contribution is -0.131. The Labute approximate surface area is 191 Å². The molecule has 3 amide bonds. The molecule has 1 aliphatic rings. The maximum Gasteiger partial charge on any atom is 0.324 e. The summed E-state index contributed by atoms with van der Waals surface area (Å²) in [6.45, 7) is 1.23. The number of nitrogens with one attached hydrogen (secondary N) is 2. The molecule has 2 aromatic carbocycles. The van der Waals surface area contributed by atoms with Crippen LogP contribution in [0.2, 0.25) is 0 Å². The normalized spacial score (nSPS) is 14.1. The molecular formula is C24H26FN5O3. The summed E-state index contributed by atoms with van der Waals surface area (Å²) in [5, 5.41) is 9.75. The van der Waals surface area contributed by atoms with Gasteiger partial charge in [0.15, 0.2) is 0 Å². The number of halogens is 1. The predicted octanol–water partition coefficient (Wildman–Crippen LogP) is 4.08.